The van der Waals surface area contributed by atoms with Crippen molar-refractivity contribution in [2.75, 3.05) is 5.73 Å². The molecule has 0 amide bonds. The summed E-state index contributed by atoms with van der Waals surface area (Å²) in [5.41, 5.74) is 5.88. The Balaban J connectivity index is 3.12. The molecular weight excluding hydrogens is 281 g/mol. The standard InChI is InChI=1S/C8H12IN3O/c1-5(2)4-12-8(13)7(9)6(10)3-11-12/h3,5H,4,10H2,1-2H3. The molecule has 0 aromatic carbocycles. The fourth-order valence-electron chi connectivity index (χ4n) is 0.954. The van der Waals surface area contributed by atoms with Crippen LogP contribution in [-0.2, 0) is 6.54 Å². The molecule has 0 saturated carbocycles. The summed E-state index contributed by atoms with van der Waals surface area (Å²) in [6.07, 6.45) is 1.52. The first-order valence-corrected chi connectivity index (χ1v) is 5.11. The average Bonchev–Trinajstić information content (AvgIpc) is 2.06. The number of nitrogens with two attached hydrogens (primary N) is 1. The predicted octanol–water partition coefficient (Wildman–Crippen LogP) is 1.09. The van der Waals surface area contributed by atoms with Crippen LogP contribution < -0.4 is 11.3 Å². The number of nitrogens with zero attached hydrogens (tertiary/aromatic N) is 2. The van der Waals surface area contributed by atoms with E-state index < -0.39 is 0 Å². The van der Waals surface area contributed by atoms with E-state index in [9.17, 15) is 4.79 Å². The molecule has 13 heavy (non-hydrogen) atoms. The second kappa shape index (κ2) is 4.08. The van der Waals surface area contributed by atoms with Crippen LogP contribution >= 0.6 is 22.6 Å². The number of nitrogen functional groups attached to an aromatic ring is 1. The van der Waals surface area contributed by atoms with E-state index in [0.717, 1.165) is 0 Å². The second-order valence-electron chi connectivity index (χ2n) is 3.30. The highest BCUT2D eigenvalue weighted by Gasteiger charge is 2.06. The molecule has 1 aromatic rings. The Morgan fingerprint density at radius 1 is 1.69 bits per heavy atom. The van der Waals surface area contributed by atoms with Gasteiger partial charge in [0, 0.05) is 6.54 Å². The van der Waals surface area contributed by atoms with Crippen molar-refractivity contribution in [2.45, 2.75) is 20.4 Å². The molecule has 0 spiro atoms. The Bertz CT molecular complexity index is 359. The molecule has 0 radical (unpaired) electrons. The Hall–Kier alpha value is -0.590. The van der Waals surface area contributed by atoms with Gasteiger partial charge in [0.1, 0.15) is 3.57 Å². The van der Waals surface area contributed by atoms with E-state index in [4.69, 9.17) is 5.73 Å². The summed E-state index contributed by atoms with van der Waals surface area (Å²) in [6, 6.07) is 0. The summed E-state index contributed by atoms with van der Waals surface area (Å²) in [5.74, 6) is 0.407. The summed E-state index contributed by atoms with van der Waals surface area (Å²) >= 11 is 1.94. The lowest BCUT2D eigenvalue weighted by Gasteiger charge is -2.07. The molecule has 0 unspecified atom stereocenters. The van der Waals surface area contributed by atoms with Gasteiger partial charge in [-0.3, -0.25) is 4.79 Å². The Labute approximate surface area is 90.3 Å². The molecule has 0 aliphatic carbocycles. The van der Waals surface area contributed by atoms with E-state index in [1.165, 1.54) is 10.9 Å². The molecule has 0 aliphatic rings. The number of hydrogen-bond acceptors (Lipinski definition) is 3. The fourth-order valence-corrected chi connectivity index (χ4v) is 1.37. The highest BCUT2D eigenvalue weighted by molar-refractivity contribution is 14.1. The van der Waals surface area contributed by atoms with Crippen molar-refractivity contribution in [1.82, 2.24) is 9.78 Å². The van der Waals surface area contributed by atoms with E-state index in [2.05, 4.69) is 5.10 Å². The topological polar surface area (TPSA) is 60.9 Å². The lowest BCUT2D eigenvalue weighted by atomic mass is 10.2. The van der Waals surface area contributed by atoms with E-state index >= 15 is 0 Å². The maximum Gasteiger partial charge on any atom is 0.282 e. The summed E-state index contributed by atoms with van der Waals surface area (Å²) in [5, 5.41) is 3.95. The molecule has 0 fully saturated rings. The van der Waals surface area contributed by atoms with E-state index in [-0.39, 0.29) is 5.56 Å². The molecule has 72 valence electrons. The van der Waals surface area contributed by atoms with Crippen molar-refractivity contribution in [1.29, 1.82) is 0 Å². The van der Waals surface area contributed by atoms with Gasteiger partial charge in [0.15, 0.2) is 0 Å². The first-order valence-electron chi connectivity index (χ1n) is 4.03. The molecule has 0 saturated heterocycles. The van der Waals surface area contributed by atoms with E-state index in [1.54, 1.807) is 0 Å². The van der Waals surface area contributed by atoms with Gasteiger partial charge in [-0.15, -0.1) is 0 Å². The first-order chi connectivity index (χ1) is 6.02. The average molecular weight is 293 g/mol. The lowest BCUT2D eigenvalue weighted by molar-refractivity contribution is 0.462. The zero-order valence-corrected chi connectivity index (χ0v) is 9.78. The highest BCUT2D eigenvalue weighted by Crippen LogP contribution is 2.06. The zero-order valence-electron chi connectivity index (χ0n) is 7.62. The molecule has 1 aromatic heterocycles. The monoisotopic (exact) mass is 293 g/mol. The summed E-state index contributed by atoms with van der Waals surface area (Å²) < 4.78 is 2.00. The minimum atomic E-state index is -0.102. The van der Waals surface area contributed by atoms with Gasteiger partial charge in [-0.2, -0.15) is 5.10 Å². The van der Waals surface area contributed by atoms with Crippen molar-refractivity contribution >= 4 is 28.3 Å². The number of aromatic nitrogens is 2. The highest BCUT2D eigenvalue weighted by atomic mass is 127. The molecule has 4 nitrogen and oxygen atoms in total. The molecule has 0 atom stereocenters. The van der Waals surface area contributed by atoms with Gasteiger partial charge in [0.05, 0.1) is 11.9 Å². The van der Waals surface area contributed by atoms with Crippen LogP contribution in [0.25, 0.3) is 0 Å². The summed E-state index contributed by atoms with van der Waals surface area (Å²) in [7, 11) is 0. The van der Waals surface area contributed by atoms with Crippen LogP contribution in [0.15, 0.2) is 11.0 Å². The van der Waals surface area contributed by atoms with Gasteiger partial charge in [0.25, 0.3) is 5.56 Å². The van der Waals surface area contributed by atoms with Crippen LogP contribution in [0.1, 0.15) is 13.8 Å². The molecular formula is C8H12IN3O. The minimum Gasteiger partial charge on any atom is -0.396 e. The normalized spacial score (nSPS) is 10.8. The molecule has 0 aliphatic heterocycles. The zero-order chi connectivity index (χ0) is 10.0. The third-order valence-electron chi connectivity index (χ3n) is 1.55. The van der Waals surface area contributed by atoms with Crippen LogP contribution in [0.2, 0.25) is 0 Å². The quantitative estimate of drug-likeness (QED) is 0.830. The number of halogens is 1. The Morgan fingerprint density at radius 3 is 2.85 bits per heavy atom. The van der Waals surface area contributed by atoms with Gasteiger partial charge in [0.2, 0.25) is 0 Å². The van der Waals surface area contributed by atoms with Gasteiger partial charge in [-0.1, -0.05) is 13.8 Å². The molecule has 1 heterocycles. The molecule has 1 rings (SSSR count). The fraction of sp³-hybridized carbons (Fsp3) is 0.500. The third-order valence-corrected chi connectivity index (χ3v) is 2.63. The van der Waals surface area contributed by atoms with Crippen molar-refractivity contribution in [3.63, 3.8) is 0 Å². The van der Waals surface area contributed by atoms with Crippen LogP contribution in [0.3, 0.4) is 0 Å². The van der Waals surface area contributed by atoms with Crippen molar-refractivity contribution in [3.05, 3.63) is 20.1 Å². The number of rotatable bonds is 2. The summed E-state index contributed by atoms with van der Waals surface area (Å²) in [6.45, 7) is 4.71. The summed E-state index contributed by atoms with van der Waals surface area (Å²) in [4.78, 5) is 11.5. The minimum absolute atomic E-state index is 0.102. The number of anilines is 1. The van der Waals surface area contributed by atoms with Gasteiger partial charge < -0.3 is 5.73 Å². The van der Waals surface area contributed by atoms with Crippen molar-refractivity contribution < 1.29 is 0 Å². The van der Waals surface area contributed by atoms with Crippen LogP contribution in [-0.4, -0.2) is 9.78 Å². The van der Waals surface area contributed by atoms with Gasteiger partial charge in [-0.05, 0) is 28.5 Å². The first kappa shape index (κ1) is 10.5. The Morgan fingerprint density at radius 2 is 2.31 bits per heavy atom. The Kier molecular flexibility index (Phi) is 3.29. The largest absolute Gasteiger partial charge is 0.396 e. The van der Waals surface area contributed by atoms with Gasteiger partial charge in [-0.25, -0.2) is 4.68 Å². The number of hydrogen-bond donors (Lipinski definition) is 1. The molecule has 0 bridgehead atoms. The third kappa shape index (κ3) is 2.43. The maximum atomic E-state index is 11.5. The second-order valence-corrected chi connectivity index (χ2v) is 4.37. The molecule has 5 heteroatoms. The van der Waals surface area contributed by atoms with Crippen LogP contribution in [0.5, 0.6) is 0 Å². The van der Waals surface area contributed by atoms with Crippen LogP contribution in [0.4, 0.5) is 5.69 Å². The van der Waals surface area contributed by atoms with Crippen LogP contribution in [0, 0.1) is 9.49 Å². The van der Waals surface area contributed by atoms with Crippen molar-refractivity contribution in [3.8, 4) is 0 Å². The smallest absolute Gasteiger partial charge is 0.282 e. The molecule has 2 N–H and O–H groups in total. The van der Waals surface area contributed by atoms with Crippen molar-refractivity contribution in [2.24, 2.45) is 5.92 Å². The van der Waals surface area contributed by atoms with E-state index in [1.807, 2.05) is 36.4 Å². The van der Waals surface area contributed by atoms with Gasteiger partial charge >= 0.3 is 0 Å². The lowest BCUT2D eigenvalue weighted by Crippen LogP contribution is -2.27. The SMILES string of the molecule is CC(C)Cn1ncc(N)c(I)c1=O. The maximum absolute atomic E-state index is 11.5. The predicted molar refractivity (Wildman–Crippen MR) is 60.5 cm³/mol. The van der Waals surface area contributed by atoms with E-state index in [0.29, 0.717) is 21.7 Å².